The minimum atomic E-state index is -0.799. The van der Waals surface area contributed by atoms with Crippen LogP contribution in [-0.2, 0) is 28.6 Å². The summed E-state index contributed by atoms with van der Waals surface area (Å²) in [6.45, 7) is 6.39. The van der Waals surface area contributed by atoms with E-state index in [9.17, 15) is 14.4 Å². The molecule has 0 saturated heterocycles. The zero-order valence-corrected chi connectivity index (χ0v) is 43.9. The van der Waals surface area contributed by atoms with Crippen LogP contribution in [0.5, 0.6) is 0 Å². The van der Waals surface area contributed by atoms with Gasteiger partial charge in [0.2, 0.25) is 0 Å². The fourth-order valence-corrected chi connectivity index (χ4v) is 7.70. The van der Waals surface area contributed by atoms with Crippen molar-refractivity contribution >= 4 is 17.9 Å². The van der Waals surface area contributed by atoms with Gasteiger partial charge >= 0.3 is 17.9 Å². The number of carbonyl (C=O) groups excluding carboxylic acids is 3. The monoisotopic (exact) mass is 933 g/mol. The van der Waals surface area contributed by atoms with Gasteiger partial charge in [-0.05, 0) is 109 Å². The third-order valence-corrected chi connectivity index (χ3v) is 11.9. The molecular formula is C61H104O6. The van der Waals surface area contributed by atoms with Crippen molar-refractivity contribution in [1.82, 2.24) is 0 Å². The molecule has 0 spiro atoms. The van der Waals surface area contributed by atoms with Crippen LogP contribution in [0.15, 0.2) is 85.1 Å². The average molecular weight is 933 g/mol. The number of carbonyl (C=O) groups is 3. The highest BCUT2D eigenvalue weighted by molar-refractivity contribution is 5.71. The molecule has 0 bridgehead atoms. The van der Waals surface area contributed by atoms with E-state index in [1.165, 1.54) is 116 Å². The van der Waals surface area contributed by atoms with E-state index < -0.39 is 6.10 Å². The highest BCUT2D eigenvalue weighted by atomic mass is 16.6. The zero-order chi connectivity index (χ0) is 48.6. The van der Waals surface area contributed by atoms with Gasteiger partial charge in [0.1, 0.15) is 13.2 Å². The van der Waals surface area contributed by atoms with E-state index in [1.807, 2.05) is 0 Å². The lowest BCUT2D eigenvalue weighted by molar-refractivity contribution is -0.167. The molecule has 0 aliphatic carbocycles. The van der Waals surface area contributed by atoms with Crippen molar-refractivity contribution < 1.29 is 28.6 Å². The van der Waals surface area contributed by atoms with Crippen molar-refractivity contribution in [2.45, 2.75) is 271 Å². The Morgan fingerprint density at radius 3 is 0.940 bits per heavy atom. The predicted octanol–water partition coefficient (Wildman–Crippen LogP) is 18.8. The molecule has 0 N–H and O–H groups in total. The first-order valence-corrected chi connectivity index (χ1v) is 28.1. The standard InChI is InChI=1S/C61H104O6/c1-4-7-10-13-16-19-22-25-28-30-31-32-34-36-39-42-45-48-51-54-60(63)66-57-58(56-65-59(62)53-50-47-44-41-38-35-27-24-21-18-15-12-9-6-3)67-61(64)55-52-49-46-43-40-37-33-29-26-23-20-17-14-11-8-5-2/h8-9,11-12,17-18,20-21,26,29-31,37,40,58H,4-7,10,13-16,19,22-25,27-28,32-36,38-39,41-57H2,1-3H3/b11-8-,12-9-,20-17-,21-18-,29-26-,31-30-,40-37-. The fourth-order valence-electron chi connectivity index (χ4n) is 7.70. The van der Waals surface area contributed by atoms with Crippen LogP contribution in [0.2, 0.25) is 0 Å². The van der Waals surface area contributed by atoms with Gasteiger partial charge in [-0.3, -0.25) is 14.4 Å². The molecule has 0 fully saturated rings. The number of rotatable bonds is 50. The highest BCUT2D eigenvalue weighted by Gasteiger charge is 2.19. The van der Waals surface area contributed by atoms with Gasteiger partial charge < -0.3 is 14.2 Å². The summed E-state index contributed by atoms with van der Waals surface area (Å²) >= 11 is 0. The van der Waals surface area contributed by atoms with Crippen LogP contribution in [0.1, 0.15) is 265 Å². The summed E-state index contributed by atoms with van der Waals surface area (Å²) in [4.78, 5) is 38.1. The first kappa shape index (κ1) is 63.6. The predicted molar refractivity (Wildman–Crippen MR) is 288 cm³/mol. The Morgan fingerprint density at radius 1 is 0.313 bits per heavy atom. The van der Waals surface area contributed by atoms with E-state index in [0.29, 0.717) is 12.8 Å². The van der Waals surface area contributed by atoms with Crippen LogP contribution in [0.4, 0.5) is 0 Å². The number of hydrogen-bond acceptors (Lipinski definition) is 6. The fraction of sp³-hybridized carbons (Fsp3) is 0.721. The van der Waals surface area contributed by atoms with Gasteiger partial charge in [-0.1, -0.05) is 221 Å². The molecule has 0 amide bonds. The van der Waals surface area contributed by atoms with Crippen LogP contribution in [0.25, 0.3) is 0 Å². The quantitative estimate of drug-likeness (QED) is 0.0262. The third kappa shape index (κ3) is 53.4. The molecule has 6 heteroatoms. The van der Waals surface area contributed by atoms with Crippen molar-refractivity contribution in [3.8, 4) is 0 Å². The Bertz CT molecular complexity index is 1300. The topological polar surface area (TPSA) is 78.9 Å². The van der Waals surface area contributed by atoms with Crippen LogP contribution in [0.3, 0.4) is 0 Å². The van der Waals surface area contributed by atoms with Gasteiger partial charge in [-0.2, -0.15) is 0 Å². The van der Waals surface area contributed by atoms with Gasteiger partial charge in [0, 0.05) is 19.3 Å². The molecule has 0 radical (unpaired) electrons. The molecule has 1 atom stereocenters. The lowest BCUT2D eigenvalue weighted by atomic mass is 10.1. The first-order chi connectivity index (χ1) is 33.0. The van der Waals surface area contributed by atoms with Crippen LogP contribution in [0, 0.1) is 0 Å². The van der Waals surface area contributed by atoms with Gasteiger partial charge in [-0.25, -0.2) is 0 Å². The second kappa shape index (κ2) is 55.2. The number of ether oxygens (including phenoxy) is 3. The van der Waals surface area contributed by atoms with E-state index in [0.717, 1.165) is 109 Å². The molecule has 0 rings (SSSR count). The SMILES string of the molecule is CC/C=C\C/C=C\C/C=C\C/C=C\CCCCCC(=O)OC(COC(=O)CCCCCCCCC/C=C\C/C=C\CC)COC(=O)CCCCCCCCC/C=C\CCCCCCCCCC. The lowest BCUT2D eigenvalue weighted by Gasteiger charge is -2.18. The van der Waals surface area contributed by atoms with Crippen LogP contribution < -0.4 is 0 Å². The van der Waals surface area contributed by atoms with E-state index in [2.05, 4.69) is 106 Å². The smallest absolute Gasteiger partial charge is 0.306 e. The molecule has 0 saturated carbocycles. The second-order valence-electron chi connectivity index (χ2n) is 18.4. The maximum absolute atomic E-state index is 12.8. The Kier molecular flexibility index (Phi) is 52.4. The van der Waals surface area contributed by atoms with E-state index in [1.54, 1.807) is 0 Å². The van der Waals surface area contributed by atoms with Crippen molar-refractivity contribution in [2.24, 2.45) is 0 Å². The Morgan fingerprint density at radius 2 is 0.582 bits per heavy atom. The van der Waals surface area contributed by atoms with Crippen molar-refractivity contribution in [3.63, 3.8) is 0 Å². The Labute approximate surface area is 414 Å². The molecular weight excluding hydrogens is 829 g/mol. The molecule has 0 aromatic rings. The summed E-state index contributed by atoms with van der Waals surface area (Å²) in [6, 6.07) is 0. The minimum absolute atomic E-state index is 0.0943. The number of unbranched alkanes of at least 4 members (excludes halogenated alkanes) is 25. The number of hydrogen-bond donors (Lipinski definition) is 0. The summed E-state index contributed by atoms with van der Waals surface area (Å²) in [5.41, 5.74) is 0. The van der Waals surface area contributed by atoms with Gasteiger partial charge in [0.15, 0.2) is 6.10 Å². The van der Waals surface area contributed by atoms with Gasteiger partial charge in [-0.15, -0.1) is 0 Å². The Hall–Kier alpha value is -3.41. The number of allylic oxidation sites excluding steroid dienone is 14. The van der Waals surface area contributed by atoms with Gasteiger partial charge in [0.05, 0.1) is 0 Å². The summed E-state index contributed by atoms with van der Waals surface area (Å²) in [5, 5.41) is 0. The maximum Gasteiger partial charge on any atom is 0.306 e. The first-order valence-electron chi connectivity index (χ1n) is 28.1. The van der Waals surface area contributed by atoms with Crippen LogP contribution >= 0.6 is 0 Å². The highest BCUT2D eigenvalue weighted by Crippen LogP contribution is 2.15. The molecule has 0 aromatic heterocycles. The lowest BCUT2D eigenvalue weighted by Crippen LogP contribution is -2.30. The molecule has 6 nitrogen and oxygen atoms in total. The molecule has 0 aliphatic heterocycles. The van der Waals surface area contributed by atoms with E-state index in [4.69, 9.17) is 14.2 Å². The summed E-state index contributed by atoms with van der Waals surface area (Å²) in [6.07, 6.45) is 71.4. The minimum Gasteiger partial charge on any atom is -0.462 e. The molecule has 67 heavy (non-hydrogen) atoms. The summed E-state index contributed by atoms with van der Waals surface area (Å²) in [7, 11) is 0. The second-order valence-corrected chi connectivity index (χ2v) is 18.4. The van der Waals surface area contributed by atoms with E-state index in [-0.39, 0.29) is 37.5 Å². The third-order valence-electron chi connectivity index (χ3n) is 11.9. The molecule has 0 heterocycles. The molecule has 0 aliphatic rings. The average Bonchev–Trinajstić information content (AvgIpc) is 3.33. The van der Waals surface area contributed by atoms with Crippen LogP contribution in [-0.4, -0.2) is 37.2 Å². The summed E-state index contributed by atoms with van der Waals surface area (Å²) < 4.78 is 16.8. The molecule has 1 unspecified atom stereocenters. The maximum atomic E-state index is 12.8. The number of esters is 3. The van der Waals surface area contributed by atoms with Crippen molar-refractivity contribution in [2.75, 3.05) is 13.2 Å². The normalized spacial score (nSPS) is 12.7. The van der Waals surface area contributed by atoms with Crippen molar-refractivity contribution in [3.05, 3.63) is 85.1 Å². The Balaban J connectivity index is 4.42. The zero-order valence-electron chi connectivity index (χ0n) is 43.9. The molecule has 384 valence electrons. The largest absolute Gasteiger partial charge is 0.462 e. The summed E-state index contributed by atoms with van der Waals surface area (Å²) in [5.74, 6) is -0.934. The van der Waals surface area contributed by atoms with Crippen molar-refractivity contribution in [1.29, 1.82) is 0 Å². The molecule has 0 aromatic carbocycles. The van der Waals surface area contributed by atoms with E-state index >= 15 is 0 Å². The van der Waals surface area contributed by atoms with Gasteiger partial charge in [0.25, 0.3) is 0 Å².